The normalized spacial score (nSPS) is 9.92. The third kappa shape index (κ3) is 4.10. The number of anilines is 1. The van der Waals surface area contributed by atoms with Gasteiger partial charge in [0.05, 0.1) is 23.0 Å². The molecule has 0 aliphatic carbocycles. The molecule has 0 aliphatic rings. The number of pyridine rings is 2. The Morgan fingerprint density at radius 2 is 2.08 bits per heavy atom. The predicted molar refractivity (Wildman–Crippen MR) is 92.7 cm³/mol. The van der Waals surface area contributed by atoms with Gasteiger partial charge >= 0.3 is 0 Å². The summed E-state index contributed by atoms with van der Waals surface area (Å²) >= 11 is 5.85. The second-order valence-electron chi connectivity index (χ2n) is 4.94. The van der Waals surface area contributed by atoms with Gasteiger partial charge in [0.1, 0.15) is 11.8 Å². The molecular formula is C18H11ClN4O2. The van der Waals surface area contributed by atoms with Gasteiger partial charge in [-0.25, -0.2) is 4.98 Å². The fourth-order valence-electron chi connectivity index (χ4n) is 2.01. The zero-order valence-corrected chi connectivity index (χ0v) is 13.6. The highest BCUT2D eigenvalue weighted by atomic mass is 35.5. The van der Waals surface area contributed by atoms with E-state index in [1.807, 2.05) is 6.07 Å². The van der Waals surface area contributed by atoms with Crippen LogP contribution in [0.15, 0.2) is 61.1 Å². The summed E-state index contributed by atoms with van der Waals surface area (Å²) in [6, 6.07) is 13.3. The third-order valence-corrected chi connectivity index (χ3v) is 3.43. The monoisotopic (exact) mass is 350 g/mol. The molecule has 3 rings (SSSR count). The van der Waals surface area contributed by atoms with Crippen LogP contribution in [0.4, 0.5) is 5.69 Å². The van der Waals surface area contributed by atoms with E-state index in [1.165, 1.54) is 12.3 Å². The number of rotatable bonds is 4. The minimum Gasteiger partial charge on any atom is -0.438 e. The van der Waals surface area contributed by atoms with Gasteiger partial charge in [0.25, 0.3) is 5.91 Å². The predicted octanol–water partition coefficient (Wildman–Crippen LogP) is 4.05. The molecule has 1 amide bonds. The highest BCUT2D eigenvalue weighted by molar-refractivity contribution is 6.30. The molecule has 0 fully saturated rings. The van der Waals surface area contributed by atoms with Crippen molar-refractivity contribution in [1.29, 1.82) is 5.26 Å². The van der Waals surface area contributed by atoms with Gasteiger partial charge in [-0.1, -0.05) is 11.6 Å². The van der Waals surface area contributed by atoms with E-state index in [4.69, 9.17) is 21.6 Å². The maximum Gasteiger partial charge on any atom is 0.257 e. The summed E-state index contributed by atoms with van der Waals surface area (Å²) in [6.07, 6.45) is 4.56. The van der Waals surface area contributed by atoms with Gasteiger partial charge in [0.15, 0.2) is 0 Å². The molecule has 0 saturated carbocycles. The molecule has 122 valence electrons. The number of carbonyl (C=O) groups excluding carboxylic acids is 1. The number of nitriles is 1. The van der Waals surface area contributed by atoms with Crippen molar-refractivity contribution in [3.8, 4) is 17.7 Å². The summed E-state index contributed by atoms with van der Waals surface area (Å²) in [5, 5.41) is 12.3. The fourth-order valence-corrected chi connectivity index (χ4v) is 2.18. The van der Waals surface area contributed by atoms with Gasteiger partial charge in [-0.2, -0.15) is 5.26 Å². The number of benzene rings is 1. The maximum atomic E-state index is 12.1. The Labute approximate surface area is 148 Å². The minimum absolute atomic E-state index is 0.261. The summed E-state index contributed by atoms with van der Waals surface area (Å²) in [7, 11) is 0. The van der Waals surface area contributed by atoms with Crippen molar-refractivity contribution in [2.45, 2.75) is 0 Å². The largest absolute Gasteiger partial charge is 0.438 e. The molecule has 6 nitrogen and oxygen atoms in total. The third-order valence-electron chi connectivity index (χ3n) is 3.19. The first kappa shape index (κ1) is 16.4. The van der Waals surface area contributed by atoms with Gasteiger partial charge in [0, 0.05) is 23.5 Å². The van der Waals surface area contributed by atoms with Crippen LogP contribution in [0.2, 0.25) is 5.02 Å². The summed E-state index contributed by atoms with van der Waals surface area (Å²) in [5.41, 5.74) is 1.26. The molecule has 0 unspecified atom stereocenters. The maximum absolute atomic E-state index is 12.1. The van der Waals surface area contributed by atoms with Crippen LogP contribution in [0, 0.1) is 11.3 Å². The first-order valence-corrected chi connectivity index (χ1v) is 7.58. The molecule has 2 aromatic heterocycles. The molecule has 0 bridgehead atoms. The molecule has 0 radical (unpaired) electrons. The molecule has 0 atom stereocenters. The molecule has 0 spiro atoms. The lowest BCUT2D eigenvalue weighted by atomic mass is 10.2. The second kappa shape index (κ2) is 7.43. The van der Waals surface area contributed by atoms with Crippen LogP contribution in [0.3, 0.4) is 0 Å². The second-order valence-corrected chi connectivity index (χ2v) is 5.37. The molecule has 1 aromatic carbocycles. The van der Waals surface area contributed by atoms with Crippen LogP contribution in [0.25, 0.3) is 0 Å². The molecule has 2 heterocycles. The highest BCUT2D eigenvalue weighted by Gasteiger charge is 2.09. The Kier molecular flexibility index (Phi) is 4.88. The minimum atomic E-state index is -0.309. The van der Waals surface area contributed by atoms with Crippen LogP contribution in [-0.2, 0) is 0 Å². The molecule has 0 saturated heterocycles. The average Bonchev–Trinajstić information content (AvgIpc) is 2.64. The Morgan fingerprint density at radius 1 is 1.20 bits per heavy atom. The highest BCUT2D eigenvalue weighted by Crippen LogP contribution is 2.26. The lowest BCUT2D eigenvalue weighted by molar-refractivity contribution is 0.102. The van der Waals surface area contributed by atoms with Crippen molar-refractivity contribution in [2.24, 2.45) is 0 Å². The summed E-state index contributed by atoms with van der Waals surface area (Å²) in [5.74, 6) is 0.292. The standard InChI is InChI=1S/C18H11ClN4O2/c19-14-4-5-16(13(8-14)9-20)25-17-6-3-12(10-22-17)18(24)23-15-2-1-7-21-11-15/h1-8,10-11H,(H,23,24). The lowest BCUT2D eigenvalue weighted by Gasteiger charge is -2.08. The van der Waals surface area contributed by atoms with Gasteiger partial charge in [-0.3, -0.25) is 9.78 Å². The van der Waals surface area contributed by atoms with Crippen molar-refractivity contribution in [2.75, 3.05) is 5.32 Å². The van der Waals surface area contributed by atoms with E-state index >= 15 is 0 Å². The van der Waals surface area contributed by atoms with E-state index in [-0.39, 0.29) is 11.8 Å². The van der Waals surface area contributed by atoms with E-state index < -0.39 is 0 Å². The zero-order valence-electron chi connectivity index (χ0n) is 12.8. The van der Waals surface area contributed by atoms with Crippen molar-refractivity contribution in [3.05, 3.63) is 77.2 Å². The molecule has 3 aromatic rings. The number of nitrogens with one attached hydrogen (secondary N) is 1. The molecule has 1 N–H and O–H groups in total. The smallest absolute Gasteiger partial charge is 0.257 e. The first-order valence-electron chi connectivity index (χ1n) is 7.20. The Morgan fingerprint density at radius 3 is 2.76 bits per heavy atom. The van der Waals surface area contributed by atoms with Crippen molar-refractivity contribution in [3.63, 3.8) is 0 Å². The number of halogens is 1. The summed E-state index contributed by atoms with van der Waals surface area (Å²) < 4.78 is 5.57. The van der Waals surface area contributed by atoms with Crippen molar-refractivity contribution < 1.29 is 9.53 Å². The number of nitrogens with zero attached hydrogens (tertiary/aromatic N) is 3. The number of amides is 1. The van der Waals surface area contributed by atoms with Gasteiger partial charge in [0.2, 0.25) is 5.88 Å². The van der Waals surface area contributed by atoms with Crippen molar-refractivity contribution >= 4 is 23.2 Å². The van der Waals surface area contributed by atoms with E-state index in [0.29, 0.717) is 27.6 Å². The number of carbonyl (C=O) groups is 1. The number of ether oxygens (including phenoxy) is 1. The fraction of sp³-hybridized carbons (Fsp3) is 0. The Hall–Kier alpha value is -3.43. The van der Waals surface area contributed by atoms with Crippen LogP contribution in [0.1, 0.15) is 15.9 Å². The van der Waals surface area contributed by atoms with E-state index in [2.05, 4.69) is 15.3 Å². The number of hydrogen-bond donors (Lipinski definition) is 1. The molecule has 25 heavy (non-hydrogen) atoms. The van der Waals surface area contributed by atoms with E-state index in [9.17, 15) is 4.79 Å². The Bertz CT molecular complexity index is 938. The molecule has 0 aliphatic heterocycles. The van der Waals surface area contributed by atoms with Crippen LogP contribution >= 0.6 is 11.6 Å². The van der Waals surface area contributed by atoms with Crippen LogP contribution < -0.4 is 10.1 Å². The van der Waals surface area contributed by atoms with Crippen LogP contribution in [0.5, 0.6) is 11.6 Å². The van der Waals surface area contributed by atoms with Gasteiger partial charge < -0.3 is 10.1 Å². The van der Waals surface area contributed by atoms with E-state index in [0.717, 1.165) is 0 Å². The first-order chi connectivity index (χ1) is 12.2. The summed E-state index contributed by atoms with van der Waals surface area (Å²) in [6.45, 7) is 0. The van der Waals surface area contributed by atoms with Gasteiger partial charge in [-0.05, 0) is 36.4 Å². The molecular weight excluding hydrogens is 340 g/mol. The van der Waals surface area contributed by atoms with Crippen LogP contribution in [-0.4, -0.2) is 15.9 Å². The zero-order chi connectivity index (χ0) is 17.6. The summed E-state index contributed by atoms with van der Waals surface area (Å²) in [4.78, 5) is 20.2. The topological polar surface area (TPSA) is 87.9 Å². The van der Waals surface area contributed by atoms with Crippen molar-refractivity contribution in [1.82, 2.24) is 9.97 Å². The van der Waals surface area contributed by atoms with Gasteiger partial charge in [-0.15, -0.1) is 0 Å². The Balaban J connectivity index is 1.72. The van der Waals surface area contributed by atoms with E-state index in [1.54, 1.807) is 48.8 Å². The average molecular weight is 351 g/mol. The lowest BCUT2D eigenvalue weighted by Crippen LogP contribution is -2.12. The number of hydrogen-bond acceptors (Lipinski definition) is 5. The SMILES string of the molecule is N#Cc1cc(Cl)ccc1Oc1ccc(C(=O)Nc2cccnc2)cn1. The number of aromatic nitrogens is 2. The molecule has 7 heteroatoms. The quantitative estimate of drug-likeness (QED) is 0.767.